The quantitative estimate of drug-likeness (QED) is 0.0270. The lowest BCUT2D eigenvalue weighted by atomic mass is 10.0. The highest BCUT2D eigenvalue weighted by Gasteiger charge is 2.12. The van der Waals surface area contributed by atoms with E-state index in [2.05, 4.69) is 0 Å². The van der Waals surface area contributed by atoms with Gasteiger partial charge in [-0.15, -0.1) is 0 Å². The number of rotatable bonds is 30. The van der Waals surface area contributed by atoms with Gasteiger partial charge in [-0.2, -0.15) is 0 Å². The standard InChI is InChI=1S/2C15H20O4.2C14H18O3.2C5H10O/c1-3-18-10-4-5-11-19-15(17)14-8-6-13(7-9-14)12(2)16;1-3-18-9-4-5-10-19-15(17)14-8-6-7-13(11-14)12(2)16;1-11(15)12-6-5-7-13(10-12)14(16)8-3-4-9-17-2;1-11(15)12-6-8-13(9-7-12)14(16)5-3-4-10-17-2;2*1-2-4-6-5-3-1/h6-9H,3-5,10-11H2,1-2H3;6-8,11H,3-5,9-10H2,1-2H3;5-7,10H,3-4,8-9H2,1-2H3;6-9H,3-5,10H2,1-2H3;2*1-5H2. The van der Waals surface area contributed by atoms with E-state index in [1.165, 1.54) is 66.2 Å². The molecule has 16 nitrogen and oxygen atoms in total. The molecule has 2 aliphatic heterocycles. The summed E-state index contributed by atoms with van der Waals surface area (Å²) in [6, 6.07) is 26.8. The van der Waals surface area contributed by atoms with Gasteiger partial charge in [0.05, 0.1) is 24.3 Å². The molecule has 4 aromatic carbocycles. The number of carbonyl (C=O) groups is 8. The molecular formula is C68H96O16. The highest BCUT2D eigenvalue weighted by Crippen LogP contribution is 2.14. The number of carbonyl (C=O) groups excluding carboxylic acids is 8. The van der Waals surface area contributed by atoms with Gasteiger partial charge in [0.15, 0.2) is 34.7 Å². The first-order chi connectivity index (χ1) is 40.6. The number of hydrogen-bond donors (Lipinski definition) is 0. The van der Waals surface area contributed by atoms with E-state index in [0.29, 0.717) is 110 Å². The lowest BCUT2D eigenvalue weighted by Crippen LogP contribution is -2.08. The largest absolute Gasteiger partial charge is 0.462 e. The van der Waals surface area contributed by atoms with E-state index in [1.54, 1.807) is 111 Å². The number of ketones is 6. The van der Waals surface area contributed by atoms with E-state index >= 15 is 0 Å². The molecule has 0 radical (unpaired) electrons. The molecule has 6 rings (SSSR count). The predicted molar refractivity (Wildman–Crippen MR) is 327 cm³/mol. The normalized spacial score (nSPS) is 12.2. The third-order valence-electron chi connectivity index (χ3n) is 12.6. The number of ether oxygens (including phenoxy) is 8. The minimum absolute atomic E-state index is 0.0148. The average molecular weight is 1170 g/mol. The smallest absolute Gasteiger partial charge is 0.338 e. The second kappa shape index (κ2) is 50.0. The monoisotopic (exact) mass is 1170 g/mol. The van der Waals surface area contributed by atoms with Gasteiger partial charge in [0.1, 0.15) is 0 Å². The Balaban J connectivity index is 0.000000523. The Morgan fingerprint density at radius 3 is 1.04 bits per heavy atom. The first-order valence-corrected chi connectivity index (χ1v) is 29.7. The summed E-state index contributed by atoms with van der Waals surface area (Å²) in [6.45, 7) is 18.8. The van der Waals surface area contributed by atoms with Crippen molar-refractivity contribution in [1.29, 1.82) is 0 Å². The summed E-state index contributed by atoms with van der Waals surface area (Å²) >= 11 is 0. The Morgan fingerprint density at radius 2 is 0.679 bits per heavy atom. The van der Waals surface area contributed by atoms with Crippen molar-refractivity contribution >= 4 is 46.6 Å². The molecule has 2 fully saturated rings. The van der Waals surface area contributed by atoms with E-state index in [4.69, 9.17) is 37.9 Å². The van der Waals surface area contributed by atoms with Crippen LogP contribution in [-0.4, -0.2) is 140 Å². The van der Waals surface area contributed by atoms with Crippen LogP contribution in [0, 0.1) is 0 Å². The molecule has 0 bridgehead atoms. The van der Waals surface area contributed by atoms with Crippen molar-refractivity contribution in [3.8, 4) is 0 Å². The molecule has 2 aliphatic rings. The van der Waals surface area contributed by atoms with Gasteiger partial charge < -0.3 is 37.9 Å². The molecule has 0 N–H and O–H groups in total. The van der Waals surface area contributed by atoms with Crippen LogP contribution in [0.1, 0.15) is 227 Å². The highest BCUT2D eigenvalue weighted by atomic mass is 16.5. The van der Waals surface area contributed by atoms with Gasteiger partial charge in [0.2, 0.25) is 0 Å². The van der Waals surface area contributed by atoms with Gasteiger partial charge in [-0.3, -0.25) is 28.8 Å². The molecule has 2 heterocycles. The molecule has 2 saturated heterocycles. The zero-order valence-electron chi connectivity index (χ0n) is 51.6. The van der Waals surface area contributed by atoms with E-state index in [9.17, 15) is 38.4 Å². The second-order valence-corrected chi connectivity index (χ2v) is 19.7. The summed E-state index contributed by atoms with van der Waals surface area (Å²) in [6.07, 6.45) is 15.6. The van der Waals surface area contributed by atoms with Crippen molar-refractivity contribution < 1.29 is 76.3 Å². The number of unbranched alkanes of at least 4 members (excludes halogenated alkanes) is 4. The topological polar surface area (TPSA) is 210 Å². The maximum Gasteiger partial charge on any atom is 0.338 e. The molecule has 84 heavy (non-hydrogen) atoms. The van der Waals surface area contributed by atoms with E-state index < -0.39 is 0 Å². The number of Topliss-reactive ketones (excluding diaryl/α,β-unsaturated/α-hetero) is 6. The van der Waals surface area contributed by atoms with Gasteiger partial charge >= 0.3 is 11.9 Å². The summed E-state index contributed by atoms with van der Waals surface area (Å²) in [4.78, 5) is 91.6. The van der Waals surface area contributed by atoms with Crippen LogP contribution in [0.4, 0.5) is 0 Å². The Hall–Kier alpha value is -6.40. The molecular weight excluding hydrogens is 1070 g/mol. The van der Waals surface area contributed by atoms with Crippen LogP contribution < -0.4 is 0 Å². The van der Waals surface area contributed by atoms with Crippen LogP contribution in [0.5, 0.6) is 0 Å². The summed E-state index contributed by atoms with van der Waals surface area (Å²) in [7, 11) is 3.31. The molecule has 0 aliphatic carbocycles. The summed E-state index contributed by atoms with van der Waals surface area (Å²) in [5.41, 5.74) is 4.52. The zero-order chi connectivity index (χ0) is 62.0. The third-order valence-corrected chi connectivity index (χ3v) is 12.6. The maximum absolute atomic E-state index is 11.8. The lowest BCUT2D eigenvalue weighted by molar-refractivity contribution is 0.0475. The number of benzene rings is 4. The van der Waals surface area contributed by atoms with E-state index in [1.807, 2.05) is 13.8 Å². The first kappa shape index (κ1) is 75.6. The Labute approximate surface area is 500 Å². The molecule has 16 heteroatoms. The van der Waals surface area contributed by atoms with Gasteiger partial charge in [-0.25, -0.2) is 9.59 Å². The summed E-state index contributed by atoms with van der Waals surface area (Å²) in [5, 5.41) is 0. The molecule has 0 spiro atoms. The minimum Gasteiger partial charge on any atom is -0.462 e. The third kappa shape index (κ3) is 37.7. The SMILES string of the molecule is C1CCOCC1.C1CCOCC1.CCOCCCCOC(=O)c1ccc(C(C)=O)cc1.CCOCCCCOC(=O)c1cccc(C(C)=O)c1.COCCCCC(=O)c1ccc(C(C)=O)cc1.COCCCCC(=O)c1cccc(C(C)=O)c1. The van der Waals surface area contributed by atoms with Gasteiger partial charge in [0.25, 0.3) is 0 Å². The van der Waals surface area contributed by atoms with Crippen molar-refractivity contribution in [2.75, 3.05) is 93.5 Å². The zero-order valence-corrected chi connectivity index (χ0v) is 51.6. The Morgan fingerprint density at radius 1 is 0.357 bits per heavy atom. The Kier molecular flexibility index (Phi) is 45.0. The van der Waals surface area contributed by atoms with Crippen molar-refractivity contribution in [3.05, 3.63) is 142 Å². The van der Waals surface area contributed by atoms with Gasteiger partial charge in [-0.05, 0) is 162 Å². The highest BCUT2D eigenvalue weighted by molar-refractivity contribution is 6.01. The second-order valence-electron chi connectivity index (χ2n) is 19.7. The molecule has 4 aromatic rings. The number of esters is 2. The molecule has 0 unspecified atom stereocenters. The fourth-order valence-corrected chi connectivity index (χ4v) is 7.63. The lowest BCUT2D eigenvalue weighted by Gasteiger charge is -2.08. The van der Waals surface area contributed by atoms with Gasteiger partial charge in [0, 0.05) is 127 Å². The van der Waals surface area contributed by atoms with Crippen LogP contribution in [-0.2, 0) is 37.9 Å². The van der Waals surface area contributed by atoms with E-state index in [0.717, 1.165) is 77.8 Å². The molecule has 0 aromatic heterocycles. The number of methoxy groups -OCH3 is 2. The molecule has 0 amide bonds. The fraction of sp³-hybridized carbons (Fsp3) is 0.529. The first-order valence-electron chi connectivity index (χ1n) is 29.7. The minimum atomic E-state index is -0.389. The number of hydrogen-bond acceptors (Lipinski definition) is 16. The van der Waals surface area contributed by atoms with Crippen molar-refractivity contribution in [3.63, 3.8) is 0 Å². The van der Waals surface area contributed by atoms with Crippen LogP contribution in [0.15, 0.2) is 97.1 Å². The van der Waals surface area contributed by atoms with Gasteiger partial charge in [-0.1, -0.05) is 66.7 Å². The van der Waals surface area contributed by atoms with Crippen molar-refractivity contribution in [1.82, 2.24) is 0 Å². The maximum atomic E-state index is 11.8. The Bertz CT molecular complexity index is 2420. The van der Waals surface area contributed by atoms with Crippen LogP contribution in [0.25, 0.3) is 0 Å². The predicted octanol–water partition coefficient (Wildman–Crippen LogP) is 13.9. The fourth-order valence-electron chi connectivity index (χ4n) is 7.63. The van der Waals surface area contributed by atoms with Crippen LogP contribution in [0.2, 0.25) is 0 Å². The van der Waals surface area contributed by atoms with E-state index in [-0.39, 0.29) is 46.6 Å². The molecule has 464 valence electrons. The average Bonchev–Trinajstić information content (AvgIpc) is 3.58. The van der Waals surface area contributed by atoms with Crippen LogP contribution >= 0.6 is 0 Å². The summed E-state index contributed by atoms with van der Waals surface area (Å²) in [5.74, 6) is -0.614. The molecule has 0 saturated carbocycles. The van der Waals surface area contributed by atoms with Crippen LogP contribution in [0.3, 0.4) is 0 Å². The van der Waals surface area contributed by atoms with Crippen molar-refractivity contribution in [2.24, 2.45) is 0 Å². The molecule has 0 atom stereocenters. The van der Waals surface area contributed by atoms with Crippen molar-refractivity contribution in [2.45, 2.75) is 144 Å². The summed E-state index contributed by atoms with van der Waals surface area (Å²) < 4.78 is 40.6.